The van der Waals surface area contributed by atoms with Crippen LogP contribution in [0.2, 0.25) is 0 Å². The number of aryl methyl sites for hydroxylation is 1. The number of anilines is 1. The maximum absolute atomic E-state index is 4.50. The molecule has 0 unspecified atom stereocenters. The molecule has 0 fully saturated rings. The second kappa shape index (κ2) is 7.01. The van der Waals surface area contributed by atoms with E-state index >= 15 is 0 Å². The second-order valence-corrected chi connectivity index (χ2v) is 6.82. The molecule has 0 bridgehead atoms. The molecule has 0 atom stereocenters. The van der Waals surface area contributed by atoms with Crippen molar-refractivity contribution >= 4 is 33.1 Å². The van der Waals surface area contributed by atoms with Gasteiger partial charge < -0.3 is 0 Å². The molecule has 0 aliphatic carbocycles. The number of fused-ring (bicyclic) bond motifs is 1. The van der Waals surface area contributed by atoms with Gasteiger partial charge in [-0.15, -0.1) is 11.3 Å². The predicted octanol–water partition coefficient (Wildman–Crippen LogP) is 4.90. The van der Waals surface area contributed by atoms with Gasteiger partial charge in [0.05, 0.1) is 11.1 Å². The van der Waals surface area contributed by atoms with Crippen LogP contribution in [0.3, 0.4) is 0 Å². The molecular weight excluding hydrogens is 342 g/mol. The molecule has 0 saturated heterocycles. The van der Waals surface area contributed by atoms with Gasteiger partial charge in [-0.1, -0.05) is 29.8 Å². The van der Waals surface area contributed by atoms with Gasteiger partial charge in [0.2, 0.25) is 0 Å². The largest absolute Gasteiger partial charge is 0.265 e. The summed E-state index contributed by atoms with van der Waals surface area (Å²) in [6.45, 7) is 4.04. The minimum atomic E-state index is 0.709. The number of hydrazone groups is 1. The van der Waals surface area contributed by atoms with E-state index < -0.39 is 0 Å². The minimum absolute atomic E-state index is 0.709. The van der Waals surface area contributed by atoms with Crippen molar-refractivity contribution in [3.8, 4) is 11.1 Å². The normalized spacial score (nSPS) is 11.7. The summed E-state index contributed by atoms with van der Waals surface area (Å²) in [6.07, 6.45) is 5.08. The molecule has 4 rings (SSSR count). The molecule has 4 aromatic rings. The monoisotopic (exact) mass is 359 g/mol. The van der Waals surface area contributed by atoms with Gasteiger partial charge in [0.15, 0.2) is 5.82 Å². The fourth-order valence-electron chi connectivity index (χ4n) is 2.70. The highest BCUT2D eigenvalue weighted by molar-refractivity contribution is 7.17. The maximum atomic E-state index is 4.50. The van der Waals surface area contributed by atoms with Crippen molar-refractivity contribution in [2.45, 2.75) is 13.8 Å². The van der Waals surface area contributed by atoms with Crippen molar-refractivity contribution < 1.29 is 0 Å². The van der Waals surface area contributed by atoms with Crippen molar-refractivity contribution in [3.63, 3.8) is 0 Å². The third-order valence-corrected chi connectivity index (χ3v) is 5.05. The number of pyridine rings is 1. The van der Waals surface area contributed by atoms with Crippen molar-refractivity contribution in [2.75, 3.05) is 5.43 Å². The zero-order valence-electron chi connectivity index (χ0n) is 14.5. The van der Waals surface area contributed by atoms with Gasteiger partial charge in [0.1, 0.15) is 11.2 Å². The van der Waals surface area contributed by atoms with Crippen LogP contribution in [0.5, 0.6) is 0 Å². The van der Waals surface area contributed by atoms with Crippen LogP contribution in [0, 0.1) is 6.92 Å². The first-order valence-electron chi connectivity index (χ1n) is 8.22. The smallest absolute Gasteiger partial charge is 0.159 e. The van der Waals surface area contributed by atoms with E-state index in [1.165, 1.54) is 5.56 Å². The number of nitrogens with zero attached hydrogens (tertiary/aromatic N) is 4. The van der Waals surface area contributed by atoms with Crippen molar-refractivity contribution in [2.24, 2.45) is 5.10 Å². The number of benzene rings is 1. The molecule has 0 saturated carbocycles. The van der Waals surface area contributed by atoms with Crippen molar-refractivity contribution in [3.05, 3.63) is 71.6 Å². The van der Waals surface area contributed by atoms with Crippen molar-refractivity contribution in [1.29, 1.82) is 0 Å². The van der Waals surface area contributed by atoms with E-state index in [-0.39, 0.29) is 0 Å². The minimum Gasteiger partial charge on any atom is -0.265 e. The average molecular weight is 359 g/mol. The van der Waals surface area contributed by atoms with Crippen LogP contribution in [0.4, 0.5) is 5.82 Å². The fraction of sp³-hybridized carbons (Fsp3) is 0.100. The number of aromatic nitrogens is 3. The lowest BCUT2D eigenvalue weighted by atomic mass is 10.0. The third kappa shape index (κ3) is 3.19. The Morgan fingerprint density at radius 1 is 1.04 bits per heavy atom. The van der Waals surface area contributed by atoms with E-state index in [0.717, 1.165) is 32.6 Å². The molecule has 1 aromatic carbocycles. The first-order valence-corrected chi connectivity index (χ1v) is 9.10. The Hall–Kier alpha value is -3.12. The predicted molar refractivity (Wildman–Crippen MR) is 108 cm³/mol. The molecule has 0 spiro atoms. The molecule has 3 heterocycles. The highest BCUT2D eigenvalue weighted by Crippen LogP contribution is 2.36. The Kier molecular flexibility index (Phi) is 4.41. The van der Waals surface area contributed by atoms with Crippen LogP contribution in [0.15, 0.2) is 65.6 Å². The maximum Gasteiger partial charge on any atom is 0.159 e. The van der Waals surface area contributed by atoms with Crippen LogP contribution in [-0.2, 0) is 0 Å². The number of hydrogen-bond acceptors (Lipinski definition) is 6. The standard InChI is InChI=1S/C20H17N5S/c1-13-3-5-16(6-4-13)17-11-26-20-18(17)19(22-12-23-20)25-24-14(2)15-7-9-21-10-8-15/h3-12H,1-2H3,(H,22,23,25)/b24-14-. The van der Waals surface area contributed by atoms with Crippen LogP contribution in [-0.4, -0.2) is 20.7 Å². The van der Waals surface area contributed by atoms with E-state index in [1.54, 1.807) is 30.1 Å². The summed E-state index contributed by atoms with van der Waals surface area (Å²) in [5, 5.41) is 7.61. The first kappa shape index (κ1) is 16.4. The molecule has 1 N–H and O–H groups in total. The summed E-state index contributed by atoms with van der Waals surface area (Å²) in [4.78, 5) is 13.8. The van der Waals surface area contributed by atoms with Crippen LogP contribution in [0.1, 0.15) is 18.1 Å². The molecule has 0 radical (unpaired) electrons. The quantitative estimate of drug-likeness (QED) is 0.416. The lowest BCUT2D eigenvalue weighted by Gasteiger charge is -2.06. The molecule has 5 nitrogen and oxygen atoms in total. The third-order valence-electron chi connectivity index (χ3n) is 4.16. The second-order valence-electron chi connectivity index (χ2n) is 5.96. The van der Waals surface area contributed by atoms with E-state index in [2.05, 4.69) is 62.0 Å². The lowest BCUT2D eigenvalue weighted by molar-refractivity contribution is 1.18. The Morgan fingerprint density at radius 3 is 2.58 bits per heavy atom. The molecule has 0 aliphatic rings. The van der Waals surface area contributed by atoms with E-state index in [4.69, 9.17) is 0 Å². The molecule has 3 aromatic heterocycles. The Labute approximate surface area is 155 Å². The van der Waals surface area contributed by atoms with Gasteiger partial charge in [0, 0.05) is 28.9 Å². The summed E-state index contributed by atoms with van der Waals surface area (Å²) in [5.74, 6) is 0.709. The molecule has 26 heavy (non-hydrogen) atoms. The van der Waals surface area contributed by atoms with Gasteiger partial charge in [0.25, 0.3) is 0 Å². The highest BCUT2D eigenvalue weighted by atomic mass is 32.1. The summed E-state index contributed by atoms with van der Waals surface area (Å²) in [5.41, 5.74) is 8.50. The molecule has 128 valence electrons. The number of hydrogen-bond donors (Lipinski definition) is 1. The van der Waals surface area contributed by atoms with Gasteiger partial charge in [-0.3, -0.25) is 10.4 Å². The SMILES string of the molecule is C/C(=N/Nc1ncnc2scc(-c3ccc(C)cc3)c12)c1ccncc1. The van der Waals surface area contributed by atoms with Crippen LogP contribution < -0.4 is 5.43 Å². The van der Waals surface area contributed by atoms with Crippen molar-refractivity contribution in [1.82, 2.24) is 15.0 Å². The molecular formula is C20H17N5S. The number of thiophene rings is 1. The van der Waals surface area contributed by atoms with E-state index in [1.807, 2.05) is 19.1 Å². The van der Waals surface area contributed by atoms with Crippen LogP contribution >= 0.6 is 11.3 Å². The summed E-state index contributed by atoms with van der Waals surface area (Å²) in [6, 6.07) is 12.3. The topological polar surface area (TPSA) is 63.1 Å². The first-order chi connectivity index (χ1) is 12.7. The molecule has 0 aliphatic heterocycles. The Balaban J connectivity index is 1.74. The lowest BCUT2D eigenvalue weighted by Crippen LogP contribution is -2.01. The van der Waals surface area contributed by atoms with Gasteiger partial charge in [-0.25, -0.2) is 9.97 Å². The molecule has 6 heteroatoms. The van der Waals surface area contributed by atoms with Gasteiger partial charge in [-0.05, 0) is 31.5 Å². The van der Waals surface area contributed by atoms with Gasteiger partial charge in [-0.2, -0.15) is 5.10 Å². The highest BCUT2D eigenvalue weighted by Gasteiger charge is 2.13. The zero-order chi connectivity index (χ0) is 17.9. The molecule has 0 amide bonds. The number of rotatable bonds is 4. The van der Waals surface area contributed by atoms with Gasteiger partial charge >= 0.3 is 0 Å². The Morgan fingerprint density at radius 2 is 1.81 bits per heavy atom. The average Bonchev–Trinajstić information content (AvgIpc) is 3.12. The van der Waals surface area contributed by atoms with Crippen LogP contribution in [0.25, 0.3) is 21.3 Å². The summed E-state index contributed by atoms with van der Waals surface area (Å²) >= 11 is 1.61. The summed E-state index contributed by atoms with van der Waals surface area (Å²) in [7, 11) is 0. The summed E-state index contributed by atoms with van der Waals surface area (Å²) < 4.78 is 0. The number of nitrogens with one attached hydrogen (secondary N) is 1. The van der Waals surface area contributed by atoms with E-state index in [9.17, 15) is 0 Å². The zero-order valence-corrected chi connectivity index (χ0v) is 15.3. The Bertz CT molecular complexity index is 1070. The van der Waals surface area contributed by atoms with E-state index in [0.29, 0.717) is 5.82 Å². The fourth-order valence-corrected chi connectivity index (χ4v) is 3.62.